The van der Waals surface area contributed by atoms with Gasteiger partial charge in [-0.25, -0.2) is 9.97 Å². The molecule has 0 aliphatic rings. The van der Waals surface area contributed by atoms with E-state index in [4.69, 9.17) is 10.8 Å². The topological polar surface area (TPSA) is 89.1 Å². The Morgan fingerprint density at radius 1 is 1.43 bits per heavy atom. The second-order valence-electron chi connectivity index (χ2n) is 3.26. The van der Waals surface area contributed by atoms with Crippen LogP contribution in [0.3, 0.4) is 0 Å². The molecule has 14 heavy (non-hydrogen) atoms. The molecule has 0 spiro atoms. The van der Waals surface area contributed by atoms with Gasteiger partial charge in [-0.05, 0) is 13.8 Å². The summed E-state index contributed by atoms with van der Waals surface area (Å²) in [4.78, 5) is 18.3. The minimum Gasteiger partial charge on any atom is -0.481 e. The Hall–Kier alpha value is -1.36. The van der Waals surface area contributed by atoms with Gasteiger partial charge in [0, 0.05) is 18.0 Å². The average molecular weight is 218 g/mol. The van der Waals surface area contributed by atoms with E-state index in [-0.39, 0.29) is 18.4 Å². The van der Waals surface area contributed by atoms with Crippen LogP contribution >= 0.6 is 12.4 Å². The van der Waals surface area contributed by atoms with Crippen molar-refractivity contribution < 1.29 is 9.90 Å². The summed E-state index contributed by atoms with van der Waals surface area (Å²) < 4.78 is 0. The molecule has 6 heteroatoms. The molecule has 0 radical (unpaired) electrons. The highest BCUT2D eigenvalue weighted by Gasteiger charge is 2.29. The number of anilines is 1. The molecule has 0 saturated carbocycles. The fourth-order valence-electron chi connectivity index (χ4n) is 0.784. The van der Waals surface area contributed by atoms with Crippen LogP contribution in [0.4, 0.5) is 5.95 Å². The predicted molar refractivity (Wildman–Crippen MR) is 54.4 cm³/mol. The Bertz CT molecular complexity index is 324. The minimum atomic E-state index is -0.978. The van der Waals surface area contributed by atoms with E-state index in [1.165, 1.54) is 12.4 Å². The molecule has 0 saturated heterocycles. The van der Waals surface area contributed by atoms with Crippen molar-refractivity contribution in [2.45, 2.75) is 19.3 Å². The molecule has 1 rings (SSSR count). The zero-order valence-corrected chi connectivity index (χ0v) is 8.71. The van der Waals surface area contributed by atoms with Gasteiger partial charge in [0.2, 0.25) is 5.95 Å². The highest BCUT2D eigenvalue weighted by atomic mass is 35.5. The SMILES string of the molecule is CC(C)(C(=O)O)c1cnc(N)nc1.Cl. The van der Waals surface area contributed by atoms with Crippen molar-refractivity contribution in [3.63, 3.8) is 0 Å². The maximum Gasteiger partial charge on any atom is 0.313 e. The number of rotatable bonds is 2. The third kappa shape index (κ3) is 2.32. The average Bonchev–Trinajstić information content (AvgIpc) is 2.04. The van der Waals surface area contributed by atoms with Crippen molar-refractivity contribution in [1.29, 1.82) is 0 Å². The lowest BCUT2D eigenvalue weighted by Crippen LogP contribution is -2.28. The molecule has 1 aromatic rings. The number of aliphatic carboxylic acids is 1. The van der Waals surface area contributed by atoms with E-state index in [0.29, 0.717) is 5.56 Å². The summed E-state index contributed by atoms with van der Waals surface area (Å²) in [6, 6.07) is 0. The lowest BCUT2D eigenvalue weighted by Gasteiger charge is -2.18. The summed E-state index contributed by atoms with van der Waals surface area (Å²) in [6.07, 6.45) is 2.85. The fourth-order valence-corrected chi connectivity index (χ4v) is 0.784. The second kappa shape index (κ2) is 4.23. The Balaban J connectivity index is 0.00000169. The first-order valence-corrected chi connectivity index (χ1v) is 3.76. The van der Waals surface area contributed by atoms with Crippen molar-refractivity contribution in [1.82, 2.24) is 9.97 Å². The van der Waals surface area contributed by atoms with Crippen molar-refractivity contribution >= 4 is 24.3 Å². The molecule has 0 amide bonds. The van der Waals surface area contributed by atoms with Gasteiger partial charge in [-0.2, -0.15) is 0 Å². The molecule has 0 aliphatic carbocycles. The van der Waals surface area contributed by atoms with E-state index >= 15 is 0 Å². The largest absolute Gasteiger partial charge is 0.481 e. The van der Waals surface area contributed by atoms with Crippen molar-refractivity contribution in [2.75, 3.05) is 5.73 Å². The van der Waals surface area contributed by atoms with E-state index in [0.717, 1.165) is 0 Å². The number of carboxylic acid groups (broad SMARTS) is 1. The van der Waals surface area contributed by atoms with Gasteiger partial charge in [0.25, 0.3) is 0 Å². The zero-order valence-electron chi connectivity index (χ0n) is 7.89. The fraction of sp³-hybridized carbons (Fsp3) is 0.375. The number of nitrogens with two attached hydrogens (primary N) is 1. The smallest absolute Gasteiger partial charge is 0.313 e. The van der Waals surface area contributed by atoms with Gasteiger partial charge < -0.3 is 10.8 Å². The predicted octanol–water partition coefficient (Wildman–Crippen LogP) is 0.843. The standard InChI is InChI=1S/C8H11N3O2.ClH/c1-8(2,6(12)13)5-3-10-7(9)11-4-5;/h3-4H,1-2H3,(H,12,13)(H2,9,10,11);1H. The minimum absolute atomic E-state index is 0. The third-order valence-corrected chi connectivity index (χ3v) is 1.93. The van der Waals surface area contributed by atoms with Gasteiger partial charge in [-0.15, -0.1) is 12.4 Å². The van der Waals surface area contributed by atoms with Crippen molar-refractivity contribution in [3.05, 3.63) is 18.0 Å². The van der Waals surface area contributed by atoms with Gasteiger partial charge in [0.05, 0.1) is 5.41 Å². The molecule has 5 nitrogen and oxygen atoms in total. The summed E-state index contributed by atoms with van der Waals surface area (Å²) in [6.45, 7) is 3.18. The first kappa shape index (κ1) is 12.6. The summed E-state index contributed by atoms with van der Waals surface area (Å²) >= 11 is 0. The number of hydrogen-bond acceptors (Lipinski definition) is 4. The van der Waals surface area contributed by atoms with Crippen LogP contribution in [0, 0.1) is 0 Å². The van der Waals surface area contributed by atoms with Gasteiger partial charge in [-0.3, -0.25) is 4.79 Å². The molecular weight excluding hydrogens is 206 g/mol. The van der Waals surface area contributed by atoms with E-state index in [1.54, 1.807) is 13.8 Å². The Kier molecular flexibility index (Phi) is 3.82. The number of nitrogens with zero attached hydrogens (tertiary/aromatic N) is 2. The van der Waals surface area contributed by atoms with Gasteiger partial charge in [-0.1, -0.05) is 0 Å². The zero-order chi connectivity index (χ0) is 10.1. The molecule has 0 atom stereocenters. The molecule has 0 aliphatic heterocycles. The maximum atomic E-state index is 10.8. The molecule has 0 unspecified atom stereocenters. The number of hydrogen-bond donors (Lipinski definition) is 2. The monoisotopic (exact) mass is 217 g/mol. The molecular formula is C8H12ClN3O2. The van der Waals surface area contributed by atoms with E-state index < -0.39 is 11.4 Å². The molecule has 0 fully saturated rings. The van der Waals surface area contributed by atoms with Crippen LogP contribution in [0.1, 0.15) is 19.4 Å². The summed E-state index contributed by atoms with van der Waals surface area (Å²) in [5.41, 5.74) is 4.83. The van der Waals surface area contributed by atoms with E-state index in [9.17, 15) is 4.79 Å². The van der Waals surface area contributed by atoms with Crippen molar-refractivity contribution in [3.8, 4) is 0 Å². The number of nitrogen functional groups attached to an aromatic ring is 1. The third-order valence-electron chi connectivity index (χ3n) is 1.93. The van der Waals surface area contributed by atoms with Crippen LogP contribution in [0.25, 0.3) is 0 Å². The molecule has 1 aromatic heterocycles. The van der Waals surface area contributed by atoms with E-state index in [1.807, 2.05) is 0 Å². The van der Waals surface area contributed by atoms with Crippen LogP contribution in [-0.2, 0) is 10.2 Å². The highest BCUT2D eigenvalue weighted by Crippen LogP contribution is 2.21. The lowest BCUT2D eigenvalue weighted by molar-refractivity contribution is -0.142. The van der Waals surface area contributed by atoms with Crippen LogP contribution in [0.2, 0.25) is 0 Å². The van der Waals surface area contributed by atoms with Crippen LogP contribution in [-0.4, -0.2) is 21.0 Å². The Morgan fingerprint density at radius 2 is 1.86 bits per heavy atom. The summed E-state index contributed by atoms with van der Waals surface area (Å²) in [5, 5.41) is 8.88. The first-order valence-electron chi connectivity index (χ1n) is 3.76. The van der Waals surface area contributed by atoms with Gasteiger partial charge >= 0.3 is 5.97 Å². The molecule has 3 N–H and O–H groups in total. The van der Waals surface area contributed by atoms with Gasteiger partial charge in [0.1, 0.15) is 0 Å². The van der Waals surface area contributed by atoms with E-state index in [2.05, 4.69) is 9.97 Å². The molecule has 78 valence electrons. The highest BCUT2D eigenvalue weighted by molar-refractivity contribution is 5.85. The maximum absolute atomic E-state index is 10.8. The van der Waals surface area contributed by atoms with Crippen LogP contribution in [0.15, 0.2) is 12.4 Å². The van der Waals surface area contributed by atoms with Gasteiger partial charge in [0.15, 0.2) is 0 Å². The molecule has 1 heterocycles. The number of halogens is 1. The Labute approximate surface area is 87.8 Å². The normalized spacial score (nSPS) is 10.4. The molecule has 0 bridgehead atoms. The lowest BCUT2D eigenvalue weighted by atomic mass is 9.87. The summed E-state index contributed by atoms with van der Waals surface area (Å²) in [7, 11) is 0. The first-order chi connectivity index (χ1) is 5.94. The number of carbonyl (C=O) groups is 1. The number of aromatic nitrogens is 2. The number of carboxylic acids is 1. The van der Waals surface area contributed by atoms with Crippen LogP contribution < -0.4 is 5.73 Å². The summed E-state index contributed by atoms with van der Waals surface area (Å²) in [5.74, 6) is -0.772. The Morgan fingerprint density at radius 3 is 2.21 bits per heavy atom. The molecule has 0 aromatic carbocycles. The van der Waals surface area contributed by atoms with Crippen molar-refractivity contribution in [2.24, 2.45) is 0 Å². The quantitative estimate of drug-likeness (QED) is 0.767. The van der Waals surface area contributed by atoms with Crippen LogP contribution in [0.5, 0.6) is 0 Å². The second-order valence-corrected chi connectivity index (χ2v) is 3.26.